The Hall–Kier alpha value is -1.87. The Morgan fingerprint density at radius 1 is 1.19 bits per heavy atom. The summed E-state index contributed by atoms with van der Waals surface area (Å²) < 4.78 is 26.1. The van der Waals surface area contributed by atoms with E-state index in [0.29, 0.717) is 10.6 Å². The maximum Gasteiger partial charge on any atom is 0.243 e. The summed E-state index contributed by atoms with van der Waals surface area (Å²) in [6, 6.07) is 15.0. The molecule has 0 radical (unpaired) electrons. The summed E-state index contributed by atoms with van der Waals surface area (Å²) in [5.41, 5.74) is 1.35. The molecule has 2 aromatic carbocycles. The molecule has 0 spiro atoms. The lowest BCUT2D eigenvalue weighted by Gasteiger charge is -2.17. The van der Waals surface area contributed by atoms with E-state index in [-0.39, 0.29) is 11.4 Å². The lowest BCUT2D eigenvalue weighted by molar-refractivity contribution is 0.466. The van der Waals surface area contributed by atoms with Crippen molar-refractivity contribution in [3.63, 3.8) is 0 Å². The van der Waals surface area contributed by atoms with Gasteiger partial charge in [0.15, 0.2) is 0 Å². The van der Waals surface area contributed by atoms with Gasteiger partial charge in [0.05, 0.1) is 16.5 Å². The van der Waals surface area contributed by atoms with Gasteiger partial charge in [-0.1, -0.05) is 29.8 Å². The Balaban J connectivity index is 2.22. The van der Waals surface area contributed by atoms with Gasteiger partial charge >= 0.3 is 0 Å². The van der Waals surface area contributed by atoms with Gasteiger partial charge in [-0.15, -0.1) is 0 Å². The molecule has 0 bridgehead atoms. The third kappa shape index (κ3) is 3.61. The number of halogens is 1. The molecule has 0 amide bonds. The minimum Gasteiger partial charge on any atom is -0.207 e. The second-order valence-corrected chi connectivity index (χ2v) is 7.01. The minimum atomic E-state index is -3.59. The highest BCUT2D eigenvalue weighted by Gasteiger charge is 2.21. The largest absolute Gasteiger partial charge is 0.243 e. The number of hydrogen-bond donors (Lipinski definition) is 0. The molecule has 0 aliphatic rings. The summed E-state index contributed by atoms with van der Waals surface area (Å²) >= 11 is 5.84. The van der Waals surface area contributed by atoms with Crippen LogP contribution in [0.3, 0.4) is 0 Å². The van der Waals surface area contributed by atoms with Gasteiger partial charge in [0.25, 0.3) is 0 Å². The number of benzene rings is 2. The van der Waals surface area contributed by atoms with E-state index < -0.39 is 10.0 Å². The number of hydrogen-bond acceptors (Lipinski definition) is 3. The fraction of sp³-hybridized carbons (Fsp3) is 0.133. The van der Waals surface area contributed by atoms with Gasteiger partial charge in [0.1, 0.15) is 0 Å². The Morgan fingerprint density at radius 2 is 1.86 bits per heavy atom. The Bertz CT molecular complexity index is 780. The van der Waals surface area contributed by atoms with Crippen LogP contribution in [-0.2, 0) is 16.6 Å². The number of nitrogens with zero attached hydrogens (tertiary/aromatic N) is 2. The van der Waals surface area contributed by atoms with Crippen molar-refractivity contribution in [2.24, 2.45) is 0 Å². The monoisotopic (exact) mass is 320 g/mol. The molecule has 0 aliphatic carbocycles. The van der Waals surface area contributed by atoms with Gasteiger partial charge in [-0.25, -0.2) is 8.42 Å². The van der Waals surface area contributed by atoms with Crippen molar-refractivity contribution in [3.05, 3.63) is 64.7 Å². The van der Waals surface area contributed by atoms with Crippen LogP contribution in [0.2, 0.25) is 5.02 Å². The summed E-state index contributed by atoms with van der Waals surface area (Å²) in [6.07, 6.45) is 0. The molecule has 4 nitrogen and oxygen atoms in total. The standard InChI is InChI=1S/C15H13ClN2O2S/c1-18(11-13-7-5-12(10-17)6-8-13)21(19,20)15-4-2-3-14(16)9-15/h2-9H,11H2,1H3. The number of nitriles is 1. The Labute approximate surface area is 129 Å². The Morgan fingerprint density at radius 3 is 2.43 bits per heavy atom. The maximum absolute atomic E-state index is 12.4. The molecule has 0 N–H and O–H groups in total. The second-order valence-electron chi connectivity index (χ2n) is 4.53. The van der Waals surface area contributed by atoms with Crippen molar-refractivity contribution in [3.8, 4) is 6.07 Å². The third-order valence-corrected chi connectivity index (χ3v) is 5.03. The molecule has 2 rings (SSSR count). The van der Waals surface area contributed by atoms with E-state index >= 15 is 0 Å². The van der Waals surface area contributed by atoms with Crippen molar-refractivity contribution in [2.45, 2.75) is 11.4 Å². The normalized spacial score (nSPS) is 11.3. The van der Waals surface area contributed by atoms with E-state index in [1.807, 2.05) is 6.07 Å². The molecule has 0 aromatic heterocycles. The van der Waals surface area contributed by atoms with Crippen LogP contribution in [0.1, 0.15) is 11.1 Å². The number of rotatable bonds is 4. The van der Waals surface area contributed by atoms with Gasteiger partial charge in [-0.2, -0.15) is 9.57 Å². The fourth-order valence-corrected chi connectivity index (χ4v) is 3.29. The summed E-state index contributed by atoms with van der Waals surface area (Å²) in [6.45, 7) is 0.223. The predicted octanol–water partition coefficient (Wildman–Crippen LogP) is 3.03. The fourth-order valence-electron chi connectivity index (χ4n) is 1.83. The predicted molar refractivity (Wildman–Crippen MR) is 81.3 cm³/mol. The van der Waals surface area contributed by atoms with E-state index in [2.05, 4.69) is 0 Å². The smallest absolute Gasteiger partial charge is 0.207 e. The quantitative estimate of drug-likeness (QED) is 0.870. The van der Waals surface area contributed by atoms with Crippen LogP contribution in [-0.4, -0.2) is 19.8 Å². The van der Waals surface area contributed by atoms with Gasteiger partial charge in [0, 0.05) is 18.6 Å². The maximum atomic E-state index is 12.4. The molecule has 0 saturated heterocycles. The molecule has 2 aromatic rings. The van der Waals surface area contributed by atoms with E-state index in [0.717, 1.165) is 5.56 Å². The first-order valence-corrected chi connectivity index (χ1v) is 7.96. The second kappa shape index (κ2) is 6.27. The molecule has 6 heteroatoms. The lowest BCUT2D eigenvalue weighted by Crippen LogP contribution is -2.26. The van der Waals surface area contributed by atoms with Gasteiger partial charge < -0.3 is 0 Å². The summed E-state index contributed by atoms with van der Waals surface area (Å²) in [5.74, 6) is 0. The molecule has 0 heterocycles. The van der Waals surface area contributed by atoms with E-state index in [9.17, 15) is 8.42 Å². The van der Waals surface area contributed by atoms with E-state index in [1.54, 1.807) is 36.4 Å². The molecule has 0 fully saturated rings. The van der Waals surface area contributed by atoms with Gasteiger partial charge in [-0.05, 0) is 35.9 Å². The highest BCUT2D eigenvalue weighted by molar-refractivity contribution is 7.89. The number of sulfonamides is 1. The molecule has 0 atom stereocenters. The summed E-state index contributed by atoms with van der Waals surface area (Å²) in [7, 11) is -2.08. The first-order chi connectivity index (χ1) is 9.93. The van der Waals surface area contributed by atoms with Crippen LogP contribution >= 0.6 is 11.6 Å². The zero-order valence-electron chi connectivity index (χ0n) is 11.3. The zero-order chi connectivity index (χ0) is 15.5. The average Bonchev–Trinajstić information content (AvgIpc) is 2.48. The average molecular weight is 321 g/mol. The van der Waals surface area contributed by atoms with Crippen molar-refractivity contribution in [1.29, 1.82) is 5.26 Å². The van der Waals surface area contributed by atoms with E-state index in [4.69, 9.17) is 16.9 Å². The molecule has 21 heavy (non-hydrogen) atoms. The lowest BCUT2D eigenvalue weighted by atomic mass is 10.1. The highest BCUT2D eigenvalue weighted by atomic mass is 35.5. The van der Waals surface area contributed by atoms with Crippen molar-refractivity contribution >= 4 is 21.6 Å². The third-order valence-electron chi connectivity index (χ3n) is 2.99. The van der Waals surface area contributed by atoms with Crippen LogP contribution in [0.25, 0.3) is 0 Å². The van der Waals surface area contributed by atoms with Crippen LogP contribution in [0, 0.1) is 11.3 Å². The molecule has 108 valence electrons. The Kier molecular flexibility index (Phi) is 4.63. The SMILES string of the molecule is CN(Cc1ccc(C#N)cc1)S(=O)(=O)c1cccc(Cl)c1. The van der Waals surface area contributed by atoms with Crippen molar-refractivity contribution in [1.82, 2.24) is 4.31 Å². The molecule has 0 unspecified atom stereocenters. The topological polar surface area (TPSA) is 61.2 Å². The first kappa shape index (κ1) is 15.5. The van der Waals surface area contributed by atoms with Crippen LogP contribution < -0.4 is 0 Å². The summed E-state index contributed by atoms with van der Waals surface area (Å²) in [5, 5.41) is 9.12. The first-order valence-electron chi connectivity index (χ1n) is 6.14. The molecule has 0 aliphatic heterocycles. The molecule has 0 saturated carbocycles. The molecular formula is C15H13ClN2O2S. The zero-order valence-corrected chi connectivity index (χ0v) is 12.9. The van der Waals surface area contributed by atoms with Gasteiger partial charge in [-0.3, -0.25) is 0 Å². The molecular weight excluding hydrogens is 308 g/mol. The van der Waals surface area contributed by atoms with Gasteiger partial charge in [0.2, 0.25) is 10.0 Å². The van der Waals surface area contributed by atoms with Crippen LogP contribution in [0.5, 0.6) is 0 Å². The van der Waals surface area contributed by atoms with Crippen molar-refractivity contribution < 1.29 is 8.42 Å². The summed E-state index contributed by atoms with van der Waals surface area (Å²) in [4.78, 5) is 0.158. The van der Waals surface area contributed by atoms with Crippen molar-refractivity contribution in [2.75, 3.05) is 7.05 Å². The van der Waals surface area contributed by atoms with Crippen LogP contribution in [0.4, 0.5) is 0 Å². The van der Waals surface area contributed by atoms with E-state index in [1.165, 1.54) is 23.5 Å². The van der Waals surface area contributed by atoms with Crippen LogP contribution in [0.15, 0.2) is 53.4 Å². The highest BCUT2D eigenvalue weighted by Crippen LogP contribution is 2.20. The minimum absolute atomic E-state index is 0.158.